The number of hydrogen-bond donors (Lipinski definition) is 2. The molecule has 0 aliphatic carbocycles. The SMILES string of the molecule is CC(C)[C@@H](CO)NS(=O)(=O)c1ncccc1F. The van der Waals surface area contributed by atoms with Gasteiger partial charge in [0.25, 0.3) is 10.0 Å². The quantitative estimate of drug-likeness (QED) is 0.810. The molecule has 0 aliphatic heterocycles. The first kappa shape index (κ1) is 14.0. The summed E-state index contributed by atoms with van der Waals surface area (Å²) >= 11 is 0. The Hall–Kier alpha value is -1.05. The number of aromatic nitrogens is 1. The molecule has 0 aromatic carbocycles. The maximum absolute atomic E-state index is 13.3. The Labute approximate surface area is 99.7 Å². The molecule has 0 radical (unpaired) electrons. The third-order valence-electron chi connectivity index (χ3n) is 2.29. The van der Waals surface area contributed by atoms with Crippen molar-refractivity contribution < 1.29 is 17.9 Å². The van der Waals surface area contributed by atoms with Gasteiger partial charge in [-0.3, -0.25) is 0 Å². The van der Waals surface area contributed by atoms with Crippen LogP contribution in [0.5, 0.6) is 0 Å². The van der Waals surface area contributed by atoms with E-state index in [1.807, 2.05) is 0 Å². The minimum Gasteiger partial charge on any atom is -0.395 e. The fourth-order valence-corrected chi connectivity index (χ4v) is 2.59. The van der Waals surface area contributed by atoms with Crippen LogP contribution >= 0.6 is 0 Å². The molecule has 0 saturated carbocycles. The monoisotopic (exact) mass is 262 g/mol. The number of rotatable bonds is 5. The average Bonchev–Trinajstić information content (AvgIpc) is 2.26. The van der Waals surface area contributed by atoms with E-state index in [9.17, 15) is 12.8 Å². The fraction of sp³-hybridized carbons (Fsp3) is 0.500. The third kappa shape index (κ3) is 3.45. The molecule has 0 fully saturated rings. The summed E-state index contributed by atoms with van der Waals surface area (Å²) in [7, 11) is -4.04. The molecule has 5 nitrogen and oxygen atoms in total. The Kier molecular flexibility index (Phi) is 4.55. The van der Waals surface area contributed by atoms with Crippen molar-refractivity contribution in [3.63, 3.8) is 0 Å². The van der Waals surface area contributed by atoms with E-state index >= 15 is 0 Å². The number of sulfonamides is 1. The van der Waals surface area contributed by atoms with Crippen LogP contribution in [0.2, 0.25) is 0 Å². The maximum atomic E-state index is 13.3. The van der Waals surface area contributed by atoms with E-state index < -0.39 is 26.9 Å². The van der Waals surface area contributed by atoms with Crippen LogP contribution in [-0.2, 0) is 10.0 Å². The number of nitrogens with zero attached hydrogens (tertiary/aromatic N) is 1. The van der Waals surface area contributed by atoms with Gasteiger partial charge < -0.3 is 5.11 Å². The van der Waals surface area contributed by atoms with Crippen molar-refractivity contribution in [3.8, 4) is 0 Å². The number of aliphatic hydroxyl groups is 1. The number of halogens is 1. The van der Waals surface area contributed by atoms with Crippen molar-refractivity contribution in [2.75, 3.05) is 6.61 Å². The zero-order chi connectivity index (χ0) is 13.1. The molecule has 1 aromatic heterocycles. The summed E-state index contributed by atoms with van der Waals surface area (Å²) in [5, 5.41) is 8.38. The van der Waals surface area contributed by atoms with E-state index in [0.717, 1.165) is 6.07 Å². The lowest BCUT2D eigenvalue weighted by atomic mass is 10.1. The summed E-state index contributed by atoms with van der Waals surface area (Å²) in [5.41, 5.74) is 0. The van der Waals surface area contributed by atoms with Gasteiger partial charge in [0.05, 0.1) is 6.61 Å². The number of nitrogens with one attached hydrogen (secondary N) is 1. The zero-order valence-corrected chi connectivity index (χ0v) is 10.4. The Morgan fingerprint density at radius 2 is 2.18 bits per heavy atom. The predicted octanol–water partition coefficient (Wildman–Crippen LogP) is 0.516. The van der Waals surface area contributed by atoms with Gasteiger partial charge in [0.15, 0.2) is 5.82 Å². The summed E-state index contributed by atoms with van der Waals surface area (Å²) in [6.07, 6.45) is 1.20. The molecule has 0 spiro atoms. The zero-order valence-electron chi connectivity index (χ0n) is 9.59. The van der Waals surface area contributed by atoms with E-state index in [1.165, 1.54) is 12.3 Å². The molecule has 1 rings (SSSR count). The molecular formula is C10H15FN2O3S. The standard InChI is InChI=1S/C10H15FN2O3S/c1-7(2)9(6-14)13-17(15,16)10-8(11)4-3-5-12-10/h3-5,7,9,13-14H,6H2,1-2H3/t9-/m1/s1. The Balaban J connectivity index is 3.01. The van der Waals surface area contributed by atoms with E-state index in [2.05, 4.69) is 9.71 Å². The van der Waals surface area contributed by atoms with Crippen LogP contribution in [0.1, 0.15) is 13.8 Å². The molecule has 17 heavy (non-hydrogen) atoms. The predicted molar refractivity (Wildman–Crippen MR) is 60.2 cm³/mol. The molecule has 0 amide bonds. The second-order valence-corrected chi connectivity index (χ2v) is 5.57. The van der Waals surface area contributed by atoms with Gasteiger partial charge in [-0.1, -0.05) is 13.8 Å². The third-order valence-corrected chi connectivity index (χ3v) is 3.71. The topological polar surface area (TPSA) is 79.3 Å². The lowest BCUT2D eigenvalue weighted by Gasteiger charge is -2.19. The summed E-state index contributed by atoms with van der Waals surface area (Å²) < 4.78 is 39.1. The van der Waals surface area contributed by atoms with Gasteiger partial charge in [-0.05, 0) is 18.1 Å². The number of hydrogen-bond acceptors (Lipinski definition) is 4. The van der Waals surface area contributed by atoms with Crippen molar-refractivity contribution >= 4 is 10.0 Å². The summed E-state index contributed by atoms with van der Waals surface area (Å²) in [5.74, 6) is -1.03. The first-order chi connectivity index (χ1) is 7.88. The van der Waals surface area contributed by atoms with Crippen LogP contribution in [0.3, 0.4) is 0 Å². The van der Waals surface area contributed by atoms with Crippen LogP contribution in [0, 0.1) is 11.7 Å². The lowest BCUT2D eigenvalue weighted by molar-refractivity contribution is 0.227. The van der Waals surface area contributed by atoms with Gasteiger partial charge in [0.2, 0.25) is 5.03 Å². The van der Waals surface area contributed by atoms with Crippen LogP contribution < -0.4 is 4.72 Å². The highest BCUT2D eigenvalue weighted by Crippen LogP contribution is 2.12. The van der Waals surface area contributed by atoms with Gasteiger partial charge in [-0.25, -0.2) is 22.5 Å². The first-order valence-electron chi connectivity index (χ1n) is 5.12. The molecule has 0 aliphatic rings. The van der Waals surface area contributed by atoms with Crippen molar-refractivity contribution in [2.45, 2.75) is 24.9 Å². The maximum Gasteiger partial charge on any atom is 0.261 e. The van der Waals surface area contributed by atoms with Gasteiger partial charge in [0.1, 0.15) is 0 Å². The molecule has 96 valence electrons. The van der Waals surface area contributed by atoms with Crippen LogP contribution in [0.4, 0.5) is 4.39 Å². The Bertz CT molecular complexity index is 476. The van der Waals surface area contributed by atoms with Gasteiger partial charge in [-0.15, -0.1) is 0 Å². The second-order valence-electron chi connectivity index (χ2n) is 3.94. The number of pyridine rings is 1. The minimum atomic E-state index is -4.04. The molecule has 7 heteroatoms. The number of aliphatic hydroxyl groups excluding tert-OH is 1. The van der Waals surface area contributed by atoms with Crippen LogP contribution in [-0.4, -0.2) is 31.2 Å². The smallest absolute Gasteiger partial charge is 0.261 e. The fourth-order valence-electron chi connectivity index (χ4n) is 1.21. The molecule has 2 N–H and O–H groups in total. The Morgan fingerprint density at radius 3 is 2.65 bits per heavy atom. The molecule has 1 atom stereocenters. The highest BCUT2D eigenvalue weighted by atomic mass is 32.2. The molecule has 1 aromatic rings. The van der Waals surface area contributed by atoms with E-state index in [-0.39, 0.29) is 12.5 Å². The van der Waals surface area contributed by atoms with Crippen molar-refractivity contribution in [3.05, 3.63) is 24.1 Å². The highest BCUT2D eigenvalue weighted by molar-refractivity contribution is 7.89. The summed E-state index contributed by atoms with van der Waals surface area (Å²) in [4.78, 5) is 3.49. The van der Waals surface area contributed by atoms with Crippen LogP contribution in [0.25, 0.3) is 0 Å². The molecular weight excluding hydrogens is 247 g/mol. The van der Waals surface area contributed by atoms with Gasteiger partial charge in [-0.2, -0.15) is 0 Å². The normalized spacial score (nSPS) is 13.9. The largest absolute Gasteiger partial charge is 0.395 e. The average molecular weight is 262 g/mol. The van der Waals surface area contributed by atoms with E-state index in [1.54, 1.807) is 13.8 Å². The van der Waals surface area contributed by atoms with E-state index in [0.29, 0.717) is 0 Å². The molecule has 0 bridgehead atoms. The lowest BCUT2D eigenvalue weighted by Crippen LogP contribution is -2.41. The first-order valence-corrected chi connectivity index (χ1v) is 6.60. The molecule has 0 unspecified atom stereocenters. The van der Waals surface area contributed by atoms with Gasteiger partial charge in [0, 0.05) is 12.2 Å². The molecule has 1 heterocycles. The van der Waals surface area contributed by atoms with Gasteiger partial charge >= 0.3 is 0 Å². The van der Waals surface area contributed by atoms with E-state index in [4.69, 9.17) is 5.11 Å². The van der Waals surface area contributed by atoms with Crippen molar-refractivity contribution in [2.24, 2.45) is 5.92 Å². The van der Waals surface area contributed by atoms with Crippen molar-refractivity contribution in [1.29, 1.82) is 0 Å². The summed E-state index contributed by atoms with van der Waals surface area (Å²) in [6, 6.07) is 1.66. The van der Waals surface area contributed by atoms with Crippen LogP contribution in [0.15, 0.2) is 23.4 Å². The second kappa shape index (κ2) is 5.52. The Morgan fingerprint density at radius 1 is 1.53 bits per heavy atom. The highest BCUT2D eigenvalue weighted by Gasteiger charge is 2.25. The van der Waals surface area contributed by atoms with Crippen molar-refractivity contribution in [1.82, 2.24) is 9.71 Å². The minimum absolute atomic E-state index is 0.110. The molecule has 0 saturated heterocycles. The summed E-state index contributed by atoms with van der Waals surface area (Å²) in [6.45, 7) is 3.14.